The molecular weight excluding hydrogens is 359 g/mol. The molecular formula is C18H26Cl2N4O. The van der Waals surface area contributed by atoms with Crippen molar-refractivity contribution in [1.29, 1.82) is 0 Å². The summed E-state index contributed by atoms with van der Waals surface area (Å²) >= 11 is 12.1. The first kappa shape index (κ1) is 19.9. The smallest absolute Gasteiger partial charge is 0.222 e. The van der Waals surface area contributed by atoms with Gasteiger partial charge in [0.2, 0.25) is 5.91 Å². The maximum Gasteiger partial charge on any atom is 0.222 e. The van der Waals surface area contributed by atoms with Crippen LogP contribution in [0.1, 0.15) is 38.2 Å². The van der Waals surface area contributed by atoms with Gasteiger partial charge in [-0.1, -0.05) is 36.2 Å². The summed E-state index contributed by atoms with van der Waals surface area (Å²) in [6, 6.07) is 5.75. The van der Waals surface area contributed by atoms with Gasteiger partial charge in [-0.2, -0.15) is 0 Å². The molecule has 0 saturated carbocycles. The molecule has 0 aliphatic carbocycles. The van der Waals surface area contributed by atoms with Crippen molar-refractivity contribution in [2.75, 3.05) is 20.1 Å². The molecule has 1 aliphatic heterocycles. The fraction of sp³-hybridized carbons (Fsp3) is 0.556. The van der Waals surface area contributed by atoms with Gasteiger partial charge in [-0.15, -0.1) is 0 Å². The van der Waals surface area contributed by atoms with E-state index in [-0.39, 0.29) is 5.91 Å². The third-order valence-corrected chi connectivity index (χ3v) is 5.06. The summed E-state index contributed by atoms with van der Waals surface area (Å²) in [4.78, 5) is 18.1. The van der Waals surface area contributed by atoms with Crippen LogP contribution in [0.25, 0.3) is 0 Å². The number of carbonyl (C=O) groups is 1. The van der Waals surface area contributed by atoms with Crippen LogP contribution in [0.2, 0.25) is 10.0 Å². The molecule has 2 N–H and O–H groups in total. The van der Waals surface area contributed by atoms with Gasteiger partial charge in [0.25, 0.3) is 0 Å². The summed E-state index contributed by atoms with van der Waals surface area (Å²) in [6.45, 7) is 4.35. The number of benzene rings is 1. The number of amides is 1. The SMILES string of the molecule is CCC(CCNC(=NC)NCc1ccc(Cl)cc1Cl)N1CCCC1=O. The van der Waals surface area contributed by atoms with E-state index in [1.165, 1.54) is 0 Å². The number of rotatable bonds is 7. The number of aliphatic imine (C=N–C) groups is 1. The monoisotopic (exact) mass is 384 g/mol. The molecule has 5 nitrogen and oxygen atoms in total. The number of hydrogen-bond acceptors (Lipinski definition) is 2. The number of guanidine groups is 1. The van der Waals surface area contributed by atoms with Crippen LogP contribution in [0.3, 0.4) is 0 Å². The van der Waals surface area contributed by atoms with Crippen LogP contribution < -0.4 is 10.6 Å². The Bertz CT molecular complexity index is 621. The number of nitrogens with one attached hydrogen (secondary N) is 2. The number of halogens is 2. The average molecular weight is 385 g/mol. The van der Waals surface area contributed by atoms with Gasteiger partial charge in [0.15, 0.2) is 5.96 Å². The predicted octanol–water partition coefficient (Wildman–Crippen LogP) is 3.45. The van der Waals surface area contributed by atoms with Crippen molar-refractivity contribution in [3.63, 3.8) is 0 Å². The van der Waals surface area contributed by atoms with Crippen molar-refractivity contribution in [3.05, 3.63) is 33.8 Å². The lowest BCUT2D eigenvalue weighted by molar-refractivity contribution is -0.129. The largest absolute Gasteiger partial charge is 0.356 e. The Morgan fingerprint density at radius 1 is 1.36 bits per heavy atom. The molecule has 1 fully saturated rings. The minimum absolute atomic E-state index is 0.284. The fourth-order valence-corrected chi connectivity index (χ4v) is 3.53. The maximum atomic E-state index is 11.9. The van der Waals surface area contributed by atoms with Crippen molar-refractivity contribution in [1.82, 2.24) is 15.5 Å². The number of carbonyl (C=O) groups excluding carboxylic acids is 1. The molecule has 1 saturated heterocycles. The highest BCUT2D eigenvalue weighted by Gasteiger charge is 2.26. The molecule has 1 aromatic rings. The van der Waals surface area contributed by atoms with Crippen LogP contribution in [0.4, 0.5) is 0 Å². The second kappa shape index (κ2) is 9.88. The fourth-order valence-electron chi connectivity index (χ4n) is 3.06. The van der Waals surface area contributed by atoms with E-state index >= 15 is 0 Å². The molecule has 0 aromatic heterocycles. The number of hydrogen-bond donors (Lipinski definition) is 2. The molecule has 138 valence electrons. The van der Waals surface area contributed by atoms with Gasteiger partial charge < -0.3 is 15.5 Å². The van der Waals surface area contributed by atoms with Gasteiger partial charge in [0.05, 0.1) is 0 Å². The highest BCUT2D eigenvalue weighted by Crippen LogP contribution is 2.20. The minimum Gasteiger partial charge on any atom is -0.356 e. The molecule has 7 heteroatoms. The standard InChI is InChI=1S/C18H26Cl2N4O/c1-3-15(24-10-4-5-17(24)25)8-9-22-18(21-2)23-12-13-6-7-14(19)11-16(13)20/h6-7,11,15H,3-5,8-10,12H2,1-2H3,(H2,21,22,23). The maximum absolute atomic E-state index is 11.9. The topological polar surface area (TPSA) is 56.7 Å². The van der Waals surface area contributed by atoms with Crippen LogP contribution in [0.5, 0.6) is 0 Å². The summed E-state index contributed by atoms with van der Waals surface area (Å²) in [5.41, 5.74) is 0.961. The summed E-state index contributed by atoms with van der Waals surface area (Å²) in [5, 5.41) is 7.81. The zero-order chi connectivity index (χ0) is 18.2. The van der Waals surface area contributed by atoms with Crippen molar-refractivity contribution < 1.29 is 4.79 Å². The zero-order valence-corrected chi connectivity index (χ0v) is 16.3. The Morgan fingerprint density at radius 2 is 2.16 bits per heavy atom. The van der Waals surface area contributed by atoms with Crippen LogP contribution >= 0.6 is 23.2 Å². The Labute approximate surface area is 159 Å². The van der Waals surface area contributed by atoms with Crippen molar-refractivity contribution in [3.8, 4) is 0 Å². The van der Waals surface area contributed by atoms with Gasteiger partial charge in [-0.3, -0.25) is 9.79 Å². The van der Waals surface area contributed by atoms with Crippen molar-refractivity contribution in [2.45, 2.75) is 45.2 Å². The Morgan fingerprint density at radius 3 is 2.76 bits per heavy atom. The van der Waals surface area contributed by atoms with Gasteiger partial charge in [0.1, 0.15) is 0 Å². The first-order valence-corrected chi connectivity index (χ1v) is 9.48. The van der Waals surface area contributed by atoms with E-state index in [4.69, 9.17) is 23.2 Å². The van der Waals surface area contributed by atoms with Gasteiger partial charge in [-0.25, -0.2) is 0 Å². The Kier molecular flexibility index (Phi) is 7.85. The normalized spacial score (nSPS) is 16.2. The summed E-state index contributed by atoms with van der Waals surface area (Å²) in [6.07, 6.45) is 3.55. The minimum atomic E-state index is 0.284. The highest BCUT2D eigenvalue weighted by atomic mass is 35.5. The van der Waals surface area contributed by atoms with E-state index in [1.54, 1.807) is 13.1 Å². The first-order valence-electron chi connectivity index (χ1n) is 8.73. The van der Waals surface area contributed by atoms with E-state index in [1.807, 2.05) is 17.0 Å². The third-order valence-electron chi connectivity index (χ3n) is 4.48. The van der Waals surface area contributed by atoms with Crippen molar-refractivity contribution in [2.24, 2.45) is 4.99 Å². The summed E-state index contributed by atoms with van der Waals surface area (Å²) < 4.78 is 0. The van der Waals surface area contributed by atoms with E-state index in [2.05, 4.69) is 22.5 Å². The third kappa shape index (κ3) is 5.79. The molecule has 2 rings (SSSR count). The molecule has 1 unspecified atom stereocenters. The molecule has 0 bridgehead atoms. The molecule has 0 spiro atoms. The van der Waals surface area contributed by atoms with E-state index in [9.17, 15) is 4.79 Å². The molecule has 1 aliphatic rings. The van der Waals surface area contributed by atoms with Crippen molar-refractivity contribution >= 4 is 35.1 Å². The van der Waals surface area contributed by atoms with Gasteiger partial charge in [-0.05, 0) is 37.0 Å². The van der Waals surface area contributed by atoms with Crippen LogP contribution in [0.15, 0.2) is 23.2 Å². The van der Waals surface area contributed by atoms with E-state index < -0.39 is 0 Å². The lowest BCUT2D eigenvalue weighted by Gasteiger charge is -2.27. The molecule has 1 amide bonds. The van der Waals surface area contributed by atoms with Gasteiger partial charge in [0, 0.05) is 49.2 Å². The molecule has 1 atom stereocenters. The highest BCUT2D eigenvalue weighted by molar-refractivity contribution is 6.35. The number of likely N-dealkylation sites (tertiary alicyclic amines) is 1. The molecule has 1 heterocycles. The Hall–Kier alpha value is -1.46. The van der Waals surface area contributed by atoms with Crippen LogP contribution in [-0.4, -0.2) is 42.9 Å². The quantitative estimate of drug-likeness (QED) is 0.558. The molecule has 25 heavy (non-hydrogen) atoms. The van der Waals surface area contributed by atoms with Crippen LogP contribution in [0, 0.1) is 0 Å². The Balaban J connectivity index is 1.78. The van der Waals surface area contributed by atoms with E-state index in [0.29, 0.717) is 35.0 Å². The van der Waals surface area contributed by atoms with Gasteiger partial charge >= 0.3 is 0 Å². The lowest BCUT2D eigenvalue weighted by Crippen LogP contribution is -2.41. The zero-order valence-electron chi connectivity index (χ0n) is 14.8. The second-order valence-electron chi connectivity index (χ2n) is 6.13. The average Bonchev–Trinajstić information content (AvgIpc) is 3.01. The summed E-state index contributed by atoms with van der Waals surface area (Å²) in [5.74, 6) is 1.00. The summed E-state index contributed by atoms with van der Waals surface area (Å²) in [7, 11) is 1.74. The first-order chi connectivity index (χ1) is 12.0. The number of nitrogens with zero attached hydrogens (tertiary/aromatic N) is 2. The lowest BCUT2D eigenvalue weighted by atomic mass is 10.1. The molecule has 0 radical (unpaired) electrons. The predicted molar refractivity (Wildman–Crippen MR) is 104 cm³/mol. The molecule has 1 aromatic carbocycles. The van der Waals surface area contributed by atoms with Crippen LogP contribution in [-0.2, 0) is 11.3 Å². The second-order valence-corrected chi connectivity index (χ2v) is 6.97. The van der Waals surface area contributed by atoms with E-state index in [0.717, 1.165) is 37.9 Å².